The summed E-state index contributed by atoms with van der Waals surface area (Å²) in [4.78, 5) is 11.9. The zero-order chi connectivity index (χ0) is 13.8. The Morgan fingerprint density at radius 2 is 1.89 bits per heavy atom. The van der Waals surface area contributed by atoms with Gasteiger partial charge in [0.25, 0.3) is 0 Å². The molecule has 1 aromatic rings. The summed E-state index contributed by atoms with van der Waals surface area (Å²) >= 11 is 0. The van der Waals surface area contributed by atoms with Crippen molar-refractivity contribution >= 4 is 11.6 Å². The number of nitrogens with one attached hydrogen (secondary N) is 2. The van der Waals surface area contributed by atoms with Gasteiger partial charge >= 0.3 is 0 Å². The second kappa shape index (κ2) is 5.98. The van der Waals surface area contributed by atoms with E-state index in [4.69, 9.17) is 0 Å². The number of amides is 1. The zero-order valence-corrected chi connectivity index (χ0v) is 11.4. The van der Waals surface area contributed by atoms with Crippen LogP contribution in [0, 0.1) is 6.92 Å². The van der Waals surface area contributed by atoms with Crippen LogP contribution in [0.2, 0.25) is 0 Å². The first kappa shape index (κ1) is 14.7. The third-order valence-corrected chi connectivity index (χ3v) is 2.55. The Labute approximate surface area is 108 Å². The van der Waals surface area contributed by atoms with Gasteiger partial charge in [-0.2, -0.15) is 0 Å². The minimum absolute atomic E-state index is 0.108. The number of anilines is 1. The normalized spacial score (nSPS) is 13.2. The van der Waals surface area contributed by atoms with Crippen LogP contribution in [0.1, 0.15) is 26.3 Å². The summed E-state index contributed by atoms with van der Waals surface area (Å²) in [6.45, 7) is 7.54. The molecule has 4 heteroatoms. The molecule has 0 saturated heterocycles. The van der Waals surface area contributed by atoms with E-state index in [1.54, 1.807) is 20.8 Å². The lowest BCUT2D eigenvalue weighted by Crippen LogP contribution is -2.44. The number of benzene rings is 1. The van der Waals surface area contributed by atoms with Crippen LogP contribution in [0.15, 0.2) is 24.3 Å². The molecular formula is C14H22N2O2. The van der Waals surface area contributed by atoms with E-state index in [9.17, 15) is 9.90 Å². The van der Waals surface area contributed by atoms with Gasteiger partial charge in [0.1, 0.15) is 0 Å². The molecule has 0 radical (unpaired) electrons. The Kier molecular flexibility index (Phi) is 4.87. The maximum atomic E-state index is 11.9. The second-order valence-corrected chi connectivity index (χ2v) is 5.27. The summed E-state index contributed by atoms with van der Waals surface area (Å²) in [6.07, 6.45) is 0. The van der Waals surface area contributed by atoms with Crippen LogP contribution in [-0.2, 0) is 4.79 Å². The Bertz CT molecular complexity index is 393. The molecular weight excluding hydrogens is 228 g/mol. The third kappa shape index (κ3) is 5.29. The minimum atomic E-state index is -0.821. The smallest absolute Gasteiger partial charge is 0.241 e. The van der Waals surface area contributed by atoms with Crippen molar-refractivity contribution < 1.29 is 9.90 Å². The summed E-state index contributed by atoms with van der Waals surface area (Å²) in [5, 5.41) is 15.4. The van der Waals surface area contributed by atoms with Gasteiger partial charge in [-0.05, 0) is 39.8 Å². The van der Waals surface area contributed by atoms with Crippen molar-refractivity contribution in [1.82, 2.24) is 5.32 Å². The highest BCUT2D eigenvalue weighted by Crippen LogP contribution is 2.09. The van der Waals surface area contributed by atoms with Gasteiger partial charge in [-0.25, -0.2) is 0 Å². The first-order valence-electron chi connectivity index (χ1n) is 6.11. The van der Waals surface area contributed by atoms with E-state index in [2.05, 4.69) is 10.6 Å². The number of aryl methyl sites for hydroxylation is 1. The summed E-state index contributed by atoms with van der Waals surface area (Å²) < 4.78 is 0. The van der Waals surface area contributed by atoms with E-state index < -0.39 is 5.60 Å². The molecule has 0 aliphatic rings. The summed E-state index contributed by atoms with van der Waals surface area (Å²) in [7, 11) is 0. The number of hydrogen-bond donors (Lipinski definition) is 3. The van der Waals surface area contributed by atoms with E-state index >= 15 is 0 Å². The van der Waals surface area contributed by atoms with Crippen LogP contribution in [-0.4, -0.2) is 29.2 Å². The van der Waals surface area contributed by atoms with Gasteiger partial charge in [0.05, 0.1) is 11.6 Å². The molecule has 0 aromatic heterocycles. The Morgan fingerprint density at radius 1 is 1.33 bits per heavy atom. The van der Waals surface area contributed by atoms with Crippen molar-refractivity contribution in [2.45, 2.75) is 39.3 Å². The van der Waals surface area contributed by atoms with E-state index in [0.29, 0.717) is 6.54 Å². The van der Waals surface area contributed by atoms with Gasteiger partial charge in [0, 0.05) is 12.2 Å². The highest BCUT2D eigenvalue weighted by atomic mass is 16.3. The molecule has 0 bridgehead atoms. The lowest BCUT2D eigenvalue weighted by Gasteiger charge is -2.21. The van der Waals surface area contributed by atoms with Crippen molar-refractivity contribution in [3.05, 3.63) is 29.8 Å². The lowest BCUT2D eigenvalue weighted by atomic mass is 10.1. The standard InChI is InChI=1S/C14H22N2O2/c1-10-5-7-12(8-6-10)16-13(17)11(2)15-9-14(3,4)18/h5-8,11,15,18H,9H2,1-4H3,(H,16,17). The molecule has 1 unspecified atom stereocenters. The molecule has 0 spiro atoms. The number of carbonyl (C=O) groups excluding carboxylic acids is 1. The summed E-state index contributed by atoms with van der Waals surface area (Å²) in [5.74, 6) is -0.108. The summed E-state index contributed by atoms with van der Waals surface area (Å²) in [6, 6.07) is 7.29. The van der Waals surface area contributed by atoms with E-state index in [-0.39, 0.29) is 11.9 Å². The Hall–Kier alpha value is -1.39. The fourth-order valence-corrected chi connectivity index (χ4v) is 1.38. The molecule has 0 heterocycles. The monoisotopic (exact) mass is 250 g/mol. The number of hydrogen-bond acceptors (Lipinski definition) is 3. The molecule has 100 valence electrons. The van der Waals surface area contributed by atoms with Crippen LogP contribution in [0.4, 0.5) is 5.69 Å². The molecule has 1 aromatic carbocycles. The van der Waals surface area contributed by atoms with Crippen molar-refractivity contribution in [1.29, 1.82) is 0 Å². The number of rotatable bonds is 5. The van der Waals surface area contributed by atoms with Crippen LogP contribution in [0.3, 0.4) is 0 Å². The quantitative estimate of drug-likeness (QED) is 0.745. The van der Waals surface area contributed by atoms with Gasteiger partial charge in [-0.15, -0.1) is 0 Å². The molecule has 3 N–H and O–H groups in total. The molecule has 0 fully saturated rings. The van der Waals surface area contributed by atoms with Crippen molar-refractivity contribution in [3.63, 3.8) is 0 Å². The van der Waals surface area contributed by atoms with Gasteiger partial charge in [-0.1, -0.05) is 17.7 Å². The Balaban J connectivity index is 2.47. The highest BCUT2D eigenvalue weighted by Gasteiger charge is 2.17. The van der Waals surface area contributed by atoms with E-state index in [0.717, 1.165) is 11.3 Å². The van der Waals surface area contributed by atoms with Crippen LogP contribution in [0.25, 0.3) is 0 Å². The topological polar surface area (TPSA) is 61.4 Å². The first-order chi connectivity index (χ1) is 8.28. The fourth-order valence-electron chi connectivity index (χ4n) is 1.38. The SMILES string of the molecule is Cc1ccc(NC(=O)C(C)NCC(C)(C)O)cc1. The van der Waals surface area contributed by atoms with Gasteiger partial charge in [0.2, 0.25) is 5.91 Å². The van der Waals surface area contributed by atoms with Gasteiger partial charge in [0.15, 0.2) is 0 Å². The second-order valence-electron chi connectivity index (χ2n) is 5.27. The van der Waals surface area contributed by atoms with Crippen molar-refractivity contribution in [2.24, 2.45) is 0 Å². The number of carbonyl (C=O) groups is 1. The lowest BCUT2D eigenvalue weighted by molar-refractivity contribution is -0.117. The number of aliphatic hydroxyl groups is 1. The average molecular weight is 250 g/mol. The van der Waals surface area contributed by atoms with Crippen molar-refractivity contribution in [2.75, 3.05) is 11.9 Å². The highest BCUT2D eigenvalue weighted by molar-refractivity contribution is 5.94. The average Bonchev–Trinajstić information content (AvgIpc) is 2.28. The third-order valence-electron chi connectivity index (χ3n) is 2.55. The summed E-state index contributed by atoms with van der Waals surface area (Å²) in [5.41, 5.74) is 1.11. The van der Waals surface area contributed by atoms with E-state index in [1.807, 2.05) is 31.2 Å². The minimum Gasteiger partial charge on any atom is -0.389 e. The molecule has 0 aliphatic heterocycles. The predicted octanol–water partition coefficient (Wildman–Crippen LogP) is 1.68. The molecule has 4 nitrogen and oxygen atoms in total. The zero-order valence-electron chi connectivity index (χ0n) is 11.4. The van der Waals surface area contributed by atoms with Crippen LogP contribution in [0.5, 0.6) is 0 Å². The first-order valence-corrected chi connectivity index (χ1v) is 6.11. The molecule has 1 rings (SSSR count). The Morgan fingerprint density at radius 3 is 2.39 bits per heavy atom. The van der Waals surface area contributed by atoms with Crippen LogP contribution < -0.4 is 10.6 Å². The molecule has 1 amide bonds. The van der Waals surface area contributed by atoms with E-state index in [1.165, 1.54) is 0 Å². The molecule has 1 atom stereocenters. The molecule has 18 heavy (non-hydrogen) atoms. The van der Waals surface area contributed by atoms with Gasteiger partial charge in [-0.3, -0.25) is 4.79 Å². The largest absolute Gasteiger partial charge is 0.389 e. The van der Waals surface area contributed by atoms with Crippen LogP contribution >= 0.6 is 0 Å². The predicted molar refractivity (Wildman–Crippen MR) is 73.6 cm³/mol. The van der Waals surface area contributed by atoms with Crippen molar-refractivity contribution in [3.8, 4) is 0 Å². The maximum Gasteiger partial charge on any atom is 0.241 e. The fraction of sp³-hybridized carbons (Fsp3) is 0.500. The molecule has 0 aliphatic carbocycles. The molecule has 0 saturated carbocycles. The van der Waals surface area contributed by atoms with Gasteiger partial charge < -0.3 is 15.7 Å². The maximum absolute atomic E-state index is 11.9.